The molecule has 0 aromatic carbocycles. The first-order chi connectivity index (χ1) is 9.47. The van der Waals surface area contributed by atoms with Crippen molar-refractivity contribution in [1.82, 2.24) is 10.2 Å². The van der Waals surface area contributed by atoms with Crippen LogP contribution in [-0.2, 0) is 4.74 Å². The highest BCUT2D eigenvalue weighted by atomic mass is 16.5. The number of ether oxygens (including phenoxy) is 1. The second-order valence-corrected chi connectivity index (χ2v) is 6.83. The van der Waals surface area contributed by atoms with Crippen molar-refractivity contribution in [2.45, 2.75) is 52.7 Å². The standard InChI is InChI=1S/C16H34N2O2/c1-13(2)9-17-10-15-5-7-18(8-6-15)11-16(19)12-20-14(3)4/h13-17,19H,5-12H2,1-4H3. The molecule has 4 heteroatoms. The van der Waals surface area contributed by atoms with Crippen LogP contribution in [0.5, 0.6) is 0 Å². The van der Waals surface area contributed by atoms with Crippen molar-refractivity contribution in [1.29, 1.82) is 0 Å². The number of aliphatic hydroxyl groups excluding tert-OH is 1. The lowest BCUT2D eigenvalue weighted by Crippen LogP contribution is -2.42. The minimum atomic E-state index is -0.354. The van der Waals surface area contributed by atoms with Gasteiger partial charge in [0, 0.05) is 6.54 Å². The second kappa shape index (κ2) is 9.72. The van der Waals surface area contributed by atoms with Crippen LogP contribution >= 0.6 is 0 Å². The van der Waals surface area contributed by atoms with Gasteiger partial charge in [-0.05, 0) is 64.7 Å². The zero-order valence-corrected chi connectivity index (χ0v) is 13.8. The molecule has 0 bridgehead atoms. The summed E-state index contributed by atoms with van der Waals surface area (Å²) >= 11 is 0. The van der Waals surface area contributed by atoms with Gasteiger partial charge in [-0.15, -0.1) is 0 Å². The number of hydrogen-bond acceptors (Lipinski definition) is 4. The molecular weight excluding hydrogens is 252 g/mol. The van der Waals surface area contributed by atoms with Crippen LogP contribution in [0, 0.1) is 11.8 Å². The first-order valence-electron chi connectivity index (χ1n) is 8.20. The molecular formula is C16H34N2O2. The summed E-state index contributed by atoms with van der Waals surface area (Å²) in [6.45, 7) is 14.2. The molecule has 0 aromatic rings. The molecule has 1 heterocycles. The van der Waals surface area contributed by atoms with Crippen LogP contribution in [0.15, 0.2) is 0 Å². The first kappa shape index (κ1) is 17.9. The molecule has 0 amide bonds. The summed E-state index contributed by atoms with van der Waals surface area (Å²) in [7, 11) is 0. The Hall–Kier alpha value is -0.160. The van der Waals surface area contributed by atoms with Crippen molar-refractivity contribution >= 4 is 0 Å². The fourth-order valence-electron chi connectivity index (χ4n) is 2.60. The maximum absolute atomic E-state index is 9.94. The number of piperidine rings is 1. The first-order valence-corrected chi connectivity index (χ1v) is 8.20. The lowest BCUT2D eigenvalue weighted by molar-refractivity contribution is -0.0124. The Kier molecular flexibility index (Phi) is 8.69. The molecule has 0 radical (unpaired) electrons. The normalized spacial score (nSPS) is 19.9. The lowest BCUT2D eigenvalue weighted by Gasteiger charge is -2.33. The lowest BCUT2D eigenvalue weighted by atomic mass is 9.96. The smallest absolute Gasteiger partial charge is 0.0900 e. The van der Waals surface area contributed by atoms with E-state index in [4.69, 9.17) is 4.74 Å². The number of rotatable bonds is 9. The molecule has 1 saturated heterocycles. The Morgan fingerprint density at radius 1 is 1.20 bits per heavy atom. The Bertz CT molecular complexity index is 239. The third-order valence-corrected chi connectivity index (χ3v) is 3.78. The number of hydrogen-bond donors (Lipinski definition) is 2. The van der Waals surface area contributed by atoms with Crippen molar-refractivity contribution in [3.63, 3.8) is 0 Å². The number of aliphatic hydroxyl groups is 1. The van der Waals surface area contributed by atoms with Crippen molar-refractivity contribution in [2.24, 2.45) is 11.8 Å². The summed E-state index contributed by atoms with van der Waals surface area (Å²) in [5.41, 5.74) is 0. The van der Waals surface area contributed by atoms with E-state index in [0.717, 1.165) is 44.6 Å². The summed E-state index contributed by atoms with van der Waals surface area (Å²) in [5.74, 6) is 1.53. The average Bonchev–Trinajstić information content (AvgIpc) is 2.38. The Balaban J connectivity index is 2.09. The molecule has 0 spiro atoms. The molecule has 0 aromatic heterocycles. The number of β-amino-alcohol motifs (C(OH)–C–C–N with tert-alkyl or cyclic N) is 1. The minimum absolute atomic E-state index is 0.197. The highest BCUT2D eigenvalue weighted by Crippen LogP contribution is 2.16. The van der Waals surface area contributed by atoms with Crippen molar-refractivity contribution < 1.29 is 9.84 Å². The minimum Gasteiger partial charge on any atom is -0.389 e. The van der Waals surface area contributed by atoms with E-state index in [0.29, 0.717) is 6.61 Å². The van der Waals surface area contributed by atoms with Gasteiger partial charge >= 0.3 is 0 Å². The molecule has 1 fully saturated rings. The Morgan fingerprint density at radius 3 is 2.40 bits per heavy atom. The summed E-state index contributed by atoms with van der Waals surface area (Å²) in [4.78, 5) is 2.37. The van der Waals surface area contributed by atoms with Gasteiger partial charge < -0.3 is 20.1 Å². The molecule has 1 unspecified atom stereocenters. The van der Waals surface area contributed by atoms with Gasteiger partial charge in [0.25, 0.3) is 0 Å². The highest BCUT2D eigenvalue weighted by molar-refractivity contribution is 4.75. The second-order valence-electron chi connectivity index (χ2n) is 6.83. The van der Waals surface area contributed by atoms with E-state index >= 15 is 0 Å². The molecule has 1 rings (SSSR count). The predicted octanol–water partition coefficient (Wildman–Crippen LogP) is 1.73. The van der Waals surface area contributed by atoms with E-state index in [9.17, 15) is 5.11 Å². The van der Waals surface area contributed by atoms with E-state index in [1.807, 2.05) is 13.8 Å². The van der Waals surface area contributed by atoms with Crippen molar-refractivity contribution in [3.05, 3.63) is 0 Å². The van der Waals surface area contributed by atoms with Crippen molar-refractivity contribution in [3.8, 4) is 0 Å². The van der Waals surface area contributed by atoms with Crippen LogP contribution in [0.3, 0.4) is 0 Å². The average molecular weight is 286 g/mol. The highest BCUT2D eigenvalue weighted by Gasteiger charge is 2.20. The zero-order chi connectivity index (χ0) is 15.0. The van der Waals surface area contributed by atoms with E-state index in [1.54, 1.807) is 0 Å². The fourth-order valence-corrected chi connectivity index (χ4v) is 2.60. The zero-order valence-electron chi connectivity index (χ0n) is 13.8. The molecule has 0 saturated carbocycles. The number of likely N-dealkylation sites (tertiary alicyclic amines) is 1. The molecule has 4 nitrogen and oxygen atoms in total. The molecule has 0 aliphatic carbocycles. The topological polar surface area (TPSA) is 44.7 Å². The van der Waals surface area contributed by atoms with E-state index < -0.39 is 0 Å². The van der Waals surface area contributed by atoms with Crippen LogP contribution < -0.4 is 5.32 Å². The summed E-state index contributed by atoms with van der Waals surface area (Å²) in [6.07, 6.45) is 2.32. The largest absolute Gasteiger partial charge is 0.389 e. The van der Waals surface area contributed by atoms with Crippen molar-refractivity contribution in [2.75, 3.05) is 39.3 Å². The molecule has 2 N–H and O–H groups in total. The maximum atomic E-state index is 9.94. The molecule has 1 aliphatic rings. The van der Waals surface area contributed by atoms with Gasteiger partial charge in [0.15, 0.2) is 0 Å². The van der Waals surface area contributed by atoms with Crippen LogP contribution in [0.25, 0.3) is 0 Å². The van der Waals surface area contributed by atoms with Gasteiger partial charge in [0.1, 0.15) is 0 Å². The number of nitrogens with zero attached hydrogens (tertiary/aromatic N) is 1. The number of nitrogens with one attached hydrogen (secondary N) is 1. The van der Waals surface area contributed by atoms with Crippen LogP contribution in [0.4, 0.5) is 0 Å². The van der Waals surface area contributed by atoms with E-state index in [2.05, 4.69) is 24.1 Å². The van der Waals surface area contributed by atoms with E-state index in [1.165, 1.54) is 12.8 Å². The van der Waals surface area contributed by atoms with Crippen LogP contribution in [-0.4, -0.2) is 61.5 Å². The van der Waals surface area contributed by atoms with Gasteiger partial charge in [0.05, 0.1) is 18.8 Å². The summed E-state index contributed by atoms with van der Waals surface area (Å²) in [6, 6.07) is 0. The van der Waals surface area contributed by atoms with Gasteiger partial charge in [-0.2, -0.15) is 0 Å². The van der Waals surface area contributed by atoms with E-state index in [-0.39, 0.29) is 12.2 Å². The SMILES string of the molecule is CC(C)CNCC1CCN(CC(O)COC(C)C)CC1. The third kappa shape index (κ3) is 8.20. The molecule has 1 atom stereocenters. The Labute approximate surface area is 124 Å². The molecule has 20 heavy (non-hydrogen) atoms. The van der Waals surface area contributed by atoms with Crippen LogP contribution in [0.1, 0.15) is 40.5 Å². The van der Waals surface area contributed by atoms with Gasteiger partial charge in [-0.25, -0.2) is 0 Å². The van der Waals surface area contributed by atoms with Gasteiger partial charge in [-0.3, -0.25) is 0 Å². The fraction of sp³-hybridized carbons (Fsp3) is 1.00. The maximum Gasteiger partial charge on any atom is 0.0900 e. The summed E-state index contributed by atoms with van der Waals surface area (Å²) < 4.78 is 5.46. The summed E-state index contributed by atoms with van der Waals surface area (Å²) in [5, 5.41) is 13.5. The quantitative estimate of drug-likeness (QED) is 0.677. The third-order valence-electron chi connectivity index (χ3n) is 3.78. The van der Waals surface area contributed by atoms with Crippen LogP contribution in [0.2, 0.25) is 0 Å². The predicted molar refractivity (Wildman–Crippen MR) is 84.0 cm³/mol. The van der Waals surface area contributed by atoms with Gasteiger partial charge in [-0.1, -0.05) is 13.8 Å². The Morgan fingerprint density at radius 2 is 1.85 bits per heavy atom. The monoisotopic (exact) mass is 286 g/mol. The molecule has 1 aliphatic heterocycles. The molecule has 120 valence electrons. The van der Waals surface area contributed by atoms with Gasteiger partial charge in [0.2, 0.25) is 0 Å².